The van der Waals surface area contributed by atoms with Gasteiger partial charge in [-0.1, -0.05) is 5.57 Å². The Morgan fingerprint density at radius 1 is 1.62 bits per heavy atom. The van der Waals surface area contributed by atoms with Gasteiger partial charge in [0.1, 0.15) is 0 Å². The lowest BCUT2D eigenvalue weighted by Gasteiger charge is -2.13. The maximum Gasteiger partial charge on any atom is 0.0541 e. The molecule has 0 spiro atoms. The molecule has 0 bridgehead atoms. The van der Waals surface area contributed by atoms with E-state index >= 15 is 0 Å². The Morgan fingerprint density at radius 3 is 3.23 bits per heavy atom. The molecular weight excluding hydrogens is 162 g/mol. The van der Waals surface area contributed by atoms with E-state index in [-0.39, 0.29) is 0 Å². The summed E-state index contributed by atoms with van der Waals surface area (Å²) in [6.07, 6.45) is 5.13. The lowest BCUT2D eigenvalue weighted by atomic mass is 10.1. The fraction of sp³-hybridized carbons (Fsp3) is 0.500. The molecule has 13 heavy (non-hydrogen) atoms. The zero-order valence-electron chi connectivity index (χ0n) is 8.17. The van der Waals surface area contributed by atoms with Gasteiger partial charge in [0.25, 0.3) is 0 Å². The molecule has 0 amide bonds. The van der Waals surface area contributed by atoms with Gasteiger partial charge in [-0.2, -0.15) is 5.10 Å². The lowest BCUT2D eigenvalue weighted by Crippen LogP contribution is -2.23. The highest BCUT2D eigenvalue weighted by Gasteiger charge is 2.12. The monoisotopic (exact) mass is 177 g/mol. The quantitative estimate of drug-likeness (QED) is 0.703. The molecule has 0 saturated heterocycles. The molecule has 0 aliphatic carbocycles. The average molecular weight is 177 g/mol. The first kappa shape index (κ1) is 8.51. The van der Waals surface area contributed by atoms with Crippen molar-refractivity contribution >= 4 is 6.20 Å². The molecule has 0 saturated carbocycles. The Hall–Kier alpha value is -1.09. The Bertz CT molecular complexity index is 332. The van der Waals surface area contributed by atoms with Gasteiger partial charge in [0.2, 0.25) is 0 Å². The van der Waals surface area contributed by atoms with Crippen molar-refractivity contribution in [2.75, 3.05) is 6.54 Å². The summed E-state index contributed by atoms with van der Waals surface area (Å²) < 4.78 is 2.01. The van der Waals surface area contributed by atoms with Crippen LogP contribution in [0.5, 0.6) is 0 Å². The summed E-state index contributed by atoms with van der Waals surface area (Å²) in [7, 11) is 0. The highest BCUT2D eigenvalue weighted by atomic mass is 15.3. The van der Waals surface area contributed by atoms with Crippen LogP contribution < -0.4 is 5.32 Å². The van der Waals surface area contributed by atoms with E-state index < -0.39 is 0 Å². The van der Waals surface area contributed by atoms with Crippen LogP contribution in [0.4, 0.5) is 0 Å². The highest BCUT2D eigenvalue weighted by Crippen LogP contribution is 2.13. The van der Waals surface area contributed by atoms with Crippen LogP contribution in [0.25, 0.3) is 6.20 Å². The third-order valence-electron chi connectivity index (χ3n) is 2.22. The lowest BCUT2D eigenvalue weighted by molar-refractivity contribution is 0.627. The standard InChI is InChI=1S/C10H15N3/c1-8(2)7-13-10-3-4-11-5-9(10)6-12-13/h6-7,11H,3-5H2,1-2H3. The molecule has 2 rings (SSSR count). The molecule has 2 heterocycles. The van der Waals surface area contributed by atoms with Crippen LogP contribution in [0, 0.1) is 0 Å². The Labute approximate surface area is 78.4 Å². The van der Waals surface area contributed by atoms with Crippen LogP contribution in [0.2, 0.25) is 0 Å². The second-order valence-corrected chi connectivity index (χ2v) is 3.69. The second kappa shape index (κ2) is 3.34. The molecular formula is C10H15N3. The van der Waals surface area contributed by atoms with E-state index in [0.717, 1.165) is 19.5 Å². The van der Waals surface area contributed by atoms with Crippen LogP contribution in [0.1, 0.15) is 25.1 Å². The summed E-state index contributed by atoms with van der Waals surface area (Å²) >= 11 is 0. The van der Waals surface area contributed by atoms with E-state index in [2.05, 4.69) is 30.5 Å². The number of nitrogens with zero attached hydrogens (tertiary/aromatic N) is 2. The van der Waals surface area contributed by atoms with Crippen molar-refractivity contribution in [2.24, 2.45) is 0 Å². The van der Waals surface area contributed by atoms with E-state index in [1.807, 2.05) is 10.9 Å². The second-order valence-electron chi connectivity index (χ2n) is 3.69. The maximum atomic E-state index is 4.34. The normalized spacial score (nSPS) is 15.2. The summed E-state index contributed by atoms with van der Waals surface area (Å²) in [5.74, 6) is 0. The fourth-order valence-corrected chi connectivity index (χ4v) is 1.63. The van der Waals surface area contributed by atoms with Gasteiger partial charge in [0.15, 0.2) is 0 Å². The molecule has 0 aromatic carbocycles. The molecule has 0 fully saturated rings. The van der Waals surface area contributed by atoms with Gasteiger partial charge in [0.05, 0.1) is 6.20 Å². The number of allylic oxidation sites excluding steroid dienone is 1. The van der Waals surface area contributed by atoms with Crippen LogP contribution >= 0.6 is 0 Å². The predicted molar refractivity (Wildman–Crippen MR) is 53.3 cm³/mol. The third-order valence-corrected chi connectivity index (χ3v) is 2.22. The molecule has 1 aliphatic rings. The van der Waals surface area contributed by atoms with E-state index in [0.29, 0.717) is 0 Å². The molecule has 1 aromatic rings. The largest absolute Gasteiger partial charge is 0.312 e. The Morgan fingerprint density at radius 2 is 2.46 bits per heavy atom. The summed E-state index contributed by atoms with van der Waals surface area (Å²) in [5.41, 5.74) is 3.98. The molecule has 70 valence electrons. The fourth-order valence-electron chi connectivity index (χ4n) is 1.63. The number of nitrogens with one attached hydrogen (secondary N) is 1. The van der Waals surface area contributed by atoms with Crippen molar-refractivity contribution in [3.63, 3.8) is 0 Å². The van der Waals surface area contributed by atoms with Crippen LogP contribution in [0.15, 0.2) is 11.8 Å². The van der Waals surface area contributed by atoms with Crippen molar-refractivity contribution in [3.05, 3.63) is 23.0 Å². The zero-order valence-corrected chi connectivity index (χ0v) is 8.17. The summed E-state index contributed by atoms with van der Waals surface area (Å²) in [5, 5.41) is 7.67. The van der Waals surface area contributed by atoms with Crippen molar-refractivity contribution in [3.8, 4) is 0 Å². The highest BCUT2D eigenvalue weighted by molar-refractivity contribution is 5.33. The van der Waals surface area contributed by atoms with Crippen molar-refractivity contribution < 1.29 is 0 Å². The number of hydrogen-bond acceptors (Lipinski definition) is 2. The summed E-state index contributed by atoms with van der Waals surface area (Å²) in [6.45, 7) is 6.21. The maximum absolute atomic E-state index is 4.34. The van der Waals surface area contributed by atoms with Crippen molar-refractivity contribution in [1.29, 1.82) is 0 Å². The van der Waals surface area contributed by atoms with E-state index in [1.54, 1.807) is 0 Å². The summed E-state index contributed by atoms with van der Waals surface area (Å²) in [6, 6.07) is 0. The first-order valence-electron chi connectivity index (χ1n) is 4.68. The van der Waals surface area contributed by atoms with Crippen molar-refractivity contribution in [1.82, 2.24) is 15.1 Å². The van der Waals surface area contributed by atoms with E-state index in [1.165, 1.54) is 16.8 Å². The van der Waals surface area contributed by atoms with Gasteiger partial charge >= 0.3 is 0 Å². The van der Waals surface area contributed by atoms with Gasteiger partial charge in [-0.05, 0) is 13.8 Å². The predicted octanol–water partition coefficient (Wildman–Crippen LogP) is 1.41. The minimum absolute atomic E-state index is 0.964. The average Bonchev–Trinajstić information content (AvgIpc) is 2.48. The number of rotatable bonds is 1. The minimum Gasteiger partial charge on any atom is -0.312 e. The molecule has 0 radical (unpaired) electrons. The third kappa shape index (κ3) is 1.65. The molecule has 1 aromatic heterocycles. The van der Waals surface area contributed by atoms with Crippen molar-refractivity contribution in [2.45, 2.75) is 26.8 Å². The zero-order chi connectivity index (χ0) is 9.26. The first-order valence-corrected chi connectivity index (χ1v) is 4.68. The van der Waals surface area contributed by atoms with Crippen LogP contribution in [-0.2, 0) is 13.0 Å². The molecule has 0 atom stereocenters. The first-order chi connectivity index (χ1) is 6.27. The van der Waals surface area contributed by atoms with Crippen LogP contribution in [-0.4, -0.2) is 16.3 Å². The topological polar surface area (TPSA) is 29.9 Å². The van der Waals surface area contributed by atoms with Gasteiger partial charge in [-0.15, -0.1) is 0 Å². The SMILES string of the molecule is CC(C)=Cn1ncc2c1CCNC2. The molecule has 3 nitrogen and oxygen atoms in total. The molecule has 0 unspecified atom stereocenters. The van der Waals surface area contributed by atoms with Gasteiger partial charge < -0.3 is 5.32 Å². The summed E-state index contributed by atoms with van der Waals surface area (Å²) in [4.78, 5) is 0. The van der Waals surface area contributed by atoms with Gasteiger partial charge in [-0.3, -0.25) is 0 Å². The molecule has 1 N–H and O–H groups in total. The molecule has 3 heteroatoms. The van der Waals surface area contributed by atoms with E-state index in [4.69, 9.17) is 0 Å². The molecule has 1 aliphatic heterocycles. The Kier molecular flexibility index (Phi) is 2.19. The Balaban J connectivity index is 2.37. The number of fused-ring (bicyclic) bond motifs is 1. The smallest absolute Gasteiger partial charge is 0.0541 e. The number of aromatic nitrogens is 2. The van der Waals surface area contributed by atoms with Gasteiger partial charge in [-0.25, -0.2) is 4.68 Å². The van der Waals surface area contributed by atoms with Crippen LogP contribution in [0.3, 0.4) is 0 Å². The van der Waals surface area contributed by atoms with E-state index in [9.17, 15) is 0 Å². The minimum atomic E-state index is 0.964. The van der Waals surface area contributed by atoms with Gasteiger partial charge in [0, 0.05) is 37.0 Å². The number of hydrogen-bond donors (Lipinski definition) is 1.